The van der Waals surface area contributed by atoms with Crippen molar-refractivity contribution in [3.63, 3.8) is 0 Å². The molecule has 126 valence electrons. The summed E-state index contributed by atoms with van der Waals surface area (Å²) < 4.78 is 0. The van der Waals surface area contributed by atoms with Crippen LogP contribution < -0.4 is 0 Å². The lowest BCUT2D eigenvalue weighted by Gasteiger charge is -2.42. The van der Waals surface area contributed by atoms with Crippen LogP contribution in [0.4, 0.5) is 0 Å². The van der Waals surface area contributed by atoms with Gasteiger partial charge in [-0.3, -0.25) is 4.79 Å². The number of hydrogen-bond acceptors (Lipinski definition) is 2. The van der Waals surface area contributed by atoms with Gasteiger partial charge in [0.2, 0.25) is 5.91 Å². The molecule has 1 amide bonds. The summed E-state index contributed by atoms with van der Waals surface area (Å²) in [5, 5.41) is 11.1. The molecule has 3 heteroatoms. The number of carbonyl (C=O) groups excluding carboxylic acids is 1. The maximum atomic E-state index is 13.0. The molecule has 0 saturated carbocycles. The van der Waals surface area contributed by atoms with E-state index in [1.54, 1.807) is 0 Å². The van der Waals surface area contributed by atoms with Gasteiger partial charge < -0.3 is 10.0 Å². The minimum Gasteiger partial charge on any atom is -0.386 e. The smallest absolute Gasteiger partial charge is 0.228 e. The van der Waals surface area contributed by atoms with E-state index in [-0.39, 0.29) is 11.9 Å². The normalized spacial score (nSPS) is 18.8. The lowest BCUT2D eigenvalue weighted by molar-refractivity contribution is -0.145. The molecule has 1 aliphatic rings. The lowest BCUT2D eigenvalue weighted by atomic mass is 9.84. The zero-order valence-corrected chi connectivity index (χ0v) is 14.6. The number of hydrogen-bond donors (Lipinski definition) is 1. The summed E-state index contributed by atoms with van der Waals surface area (Å²) in [6.07, 6.45) is 0.0923. The Labute approximate surface area is 143 Å². The van der Waals surface area contributed by atoms with E-state index in [9.17, 15) is 9.90 Å². The van der Waals surface area contributed by atoms with E-state index in [0.29, 0.717) is 6.54 Å². The van der Waals surface area contributed by atoms with Crippen LogP contribution in [0.1, 0.15) is 49.6 Å². The highest BCUT2D eigenvalue weighted by Crippen LogP contribution is 2.40. The largest absolute Gasteiger partial charge is 0.386 e. The minimum absolute atomic E-state index is 0.0805. The van der Waals surface area contributed by atoms with Crippen molar-refractivity contribution in [2.24, 2.45) is 5.41 Å². The van der Waals surface area contributed by atoms with Gasteiger partial charge in [0, 0.05) is 12.0 Å². The van der Waals surface area contributed by atoms with Gasteiger partial charge in [0.05, 0.1) is 6.04 Å². The van der Waals surface area contributed by atoms with Crippen molar-refractivity contribution in [1.29, 1.82) is 0 Å². The maximum Gasteiger partial charge on any atom is 0.228 e. The highest BCUT2D eigenvalue weighted by Gasteiger charge is 2.39. The molecule has 0 aliphatic carbocycles. The molecule has 2 aromatic carbocycles. The maximum absolute atomic E-state index is 13.0. The molecule has 0 unspecified atom stereocenters. The Kier molecular flexibility index (Phi) is 4.46. The van der Waals surface area contributed by atoms with Crippen LogP contribution in [-0.4, -0.2) is 22.5 Å². The van der Waals surface area contributed by atoms with Crippen molar-refractivity contribution in [1.82, 2.24) is 4.90 Å². The number of aliphatic hydroxyl groups is 1. The second-order valence-electron chi connectivity index (χ2n) is 7.50. The van der Waals surface area contributed by atoms with Crippen molar-refractivity contribution < 1.29 is 9.90 Å². The Morgan fingerprint density at radius 2 is 1.71 bits per heavy atom. The number of carbonyl (C=O) groups is 1. The van der Waals surface area contributed by atoms with Crippen molar-refractivity contribution in [3.05, 3.63) is 71.3 Å². The first-order valence-electron chi connectivity index (χ1n) is 8.51. The fourth-order valence-corrected chi connectivity index (χ4v) is 3.43. The molecule has 0 radical (unpaired) electrons. The van der Waals surface area contributed by atoms with E-state index in [0.717, 1.165) is 17.5 Å². The lowest BCUT2D eigenvalue weighted by Crippen LogP contribution is -2.47. The van der Waals surface area contributed by atoms with Crippen LogP contribution in [0.2, 0.25) is 0 Å². The highest BCUT2D eigenvalue weighted by atomic mass is 16.3. The summed E-state index contributed by atoms with van der Waals surface area (Å²) in [6, 6.07) is 17.4. The Hall–Kier alpha value is -2.13. The molecule has 1 heterocycles. The van der Waals surface area contributed by atoms with Crippen molar-refractivity contribution in [2.75, 3.05) is 6.54 Å². The first kappa shape index (κ1) is 16.7. The quantitative estimate of drug-likeness (QED) is 0.911. The van der Waals surface area contributed by atoms with E-state index < -0.39 is 11.5 Å². The van der Waals surface area contributed by atoms with Crippen LogP contribution in [0.3, 0.4) is 0 Å². The van der Waals surface area contributed by atoms with E-state index in [2.05, 4.69) is 6.07 Å². The first-order valence-corrected chi connectivity index (χ1v) is 8.51. The molecular weight excluding hydrogens is 298 g/mol. The number of aliphatic hydroxyl groups excluding tert-OH is 1. The summed E-state index contributed by atoms with van der Waals surface area (Å²) in [6.45, 7) is 6.44. The molecule has 0 saturated heterocycles. The van der Waals surface area contributed by atoms with E-state index in [1.807, 2.05) is 74.2 Å². The van der Waals surface area contributed by atoms with Gasteiger partial charge in [0.1, 0.15) is 6.10 Å². The van der Waals surface area contributed by atoms with Gasteiger partial charge in [0.25, 0.3) is 0 Å². The van der Waals surface area contributed by atoms with Crippen LogP contribution in [0.15, 0.2) is 54.6 Å². The summed E-state index contributed by atoms with van der Waals surface area (Å²) in [5.74, 6) is 0.0805. The Bertz CT molecular complexity index is 718. The van der Waals surface area contributed by atoms with Crippen LogP contribution in [0.5, 0.6) is 0 Å². The molecule has 0 bridgehead atoms. The van der Waals surface area contributed by atoms with Gasteiger partial charge in [-0.1, -0.05) is 75.4 Å². The Morgan fingerprint density at radius 1 is 1.08 bits per heavy atom. The van der Waals surface area contributed by atoms with Gasteiger partial charge in [-0.15, -0.1) is 0 Å². The van der Waals surface area contributed by atoms with Crippen molar-refractivity contribution in [3.8, 4) is 0 Å². The van der Waals surface area contributed by atoms with Crippen LogP contribution in [-0.2, 0) is 11.2 Å². The predicted octanol–water partition coefficient (Wildman–Crippen LogP) is 3.89. The molecule has 0 aromatic heterocycles. The number of rotatable bonds is 2. The average Bonchev–Trinajstić information content (AvgIpc) is 2.59. The third-order valence-corrected chi connectivity index (χ3v) is 4.67. The predicted molar refractivity (Wildman–Crippen MR) is 95.5 cm³/mol. The van der Waals surface area contributed by atoms with E-state index in [1.165, 1.54) is 5.56 Å². The fraction of sp³-hybridized carbons (Fsp3) is 0.381. The Balaban J connectivity index is 2.06. The SMILES string of the molecule is CC(C)(C)C(=O)N1CCc2ccccc2[C@H]1[C@H](O)c1ccccc1. The summed E-state index contributed by atoms with van der Waals surface area (Å²) >= 11 is 0. The molecule has 1 aliphatic heterocycles. The molecule has 2 atom stereocenters. The Morgan fingerprint density at radius 3 is 2.38 bits per heavy atom. The van der Waals surface area contributed by atoms with Crippen molar-refractivity contribution in [2.45, 2.75) is 39.3 Å². The molecular formula is C21H25NO2. The number of benzene rings is 2. The van der Waals surface area contributed by atoms with Crippen LogP contribution >= 0.6 is 0 Å². The van der Waals surface area contributed by atoms with Gasteiger partial charge in [-0.25, -0.2) is 0 Å². The number of fused-ring (bicyclic) bond motifs is 1. The summed E-state index contributed by atoms with van der Waals surface area (Å²) in [5.41, 5.74) is 2.64. The summed E-state index contributed by atoms with van der Waals surface area (Å²) in [7, 11) is 0. The monoisotopic (exact) mass is 323 g/mol. The van der Waals surface area contributed by atoms with E-state index in [4.69, 9.17) is 0 Å². The third-order valence-electron chi connectivity index (χ3n) is 4.67. The summed E-state index contributed by atoms with van der Waals surface area (Å²) in [4.78, 5) is 14.9. The zero-order chi connectivity index (χ0) is 17.3. The van der Waals surface area contributed by atoms with Crippen LogP contribution in [0, 0.1) is 5.41 Å². The zero-order valence-electron chi connectivity index (χ0n) is 14.6. The standard InChI is InChI=1S/C21H25NO2/c1-21(2,3)20(24)22-14-13-15-9-7-8-12-17(15)18(22)19(23)16-10-5-4-6-11-16/h4-12,18-19,23H,13-14H2,1-3H3/t18-,19+/m0/s1. The molecule has 3 rings (SSSR count). The number of amides is 1. The second-order valence-corrected chi connectivity index (χ2v) is 7.50. The van der Waals surface area contributed by atoms with Gasteiger partial charge in [-0.2, -0.15) is 0 Å². The topological polar surface area (TPSA) is 40.5 Å². The average molecular weight is 323 g/mol. The van der Waals surface area contributed by atoms with E-state index >= 15 is 0 Å². The molecule has 1 N–H and O–H groups in total. The van der Waals surface area contributed by atoms with Gasteiger partial charge in [0.15, 0.2) is 0 Å². The minimum atomic E-state index is -0.737. The van der Waals surface area contributed by atoms with Crippen molar-refractivity contribution >= 4 is 5.91 Å². The highest BCUT2D eigenvalue weighted by molar-refractivity contribution is 5.82. The molecule has 3 nitrogen and oxygen atoms in total. The molecule has 24 heavy (non-hydrogen) atoms. The van der Waals surface area contributed by atoms with Crippen LogP contribution in [0.25, 0.3) is 0 Å². The molecule has 0 fully saturated rings. The fourth-order valence-electron chi connectivity index (χ4n) is 3.43. The number of nitrogens with zero attached hydrogens (tertiary/aromatic N) is 1. The van der Waals surface area contributed by atoms with Gasteiger partial charge >= 0.3 is 0 Å². The second kappa shape index (κ2) is 6.40. The molecule has 0 spiro atoms. The molecule has 2 aromatic rings. The third kappa shape index (κ3) is 3.09. The first-order chi connectivity index (χ1) is 11.4. The van der Waals surface area contributed by atoms with Gasteiger partial charge in [-0.05, 0) is 23.1 Å².